The lowest BCUT2D eigenvalue weighted by Gasteiger charge is -2.31. The zero-order valence-corrected chi connectivity index (χ0v) is 17.3. The lowest BCUT2D eigenvalue weighted by atomic mass is 10.1. The van der Waals surface area contributed by atoms with E-state index >= 15 is 0 Å². The number of benzene rings is 1. The van der Waals surface area contributed by atoms with Crippen LogP contribution in [-0.2, 0) is 0 Å². The van der Waals surface area contributed by atoms with Gasteiger partial charge in [-0.05, 0) is 65.1 Å². The minimum Gasteiger partial charge on any atom is -0.129 e. The van der Waals surface area contributed by atoms with Crippen LogP contribution in [0.1, 0.15) is 59.3 Å². The Balaban J connectivity index is 1.97. The molecule has 2 heterocycles. The van der Waals surface area contributed by atoms with Crippen LogP contribution in [0, 0.1) is 0 Å². The first-order valence-electron chi connectivity index (χ1n) is 9.04. The quantitative estimate of drug-likeness (QED) is 0.616. The number of hydrogen-bond donors (Lipinski definition) is 0. The second kappa shape index (κ2) is 7.60. The monoisotopic (exact) mass is 352 g/mol. The molecule has 3 rings (SSSR count). The summed E-state index contributed by atoms with van der Waals surface area (Å²) in [5.41, 5.74) is 2.84. The summed E-state index contributed by atoms with van der Waals surface area (Å²) < 4.78 is 0. The SMILES string of the molecule is CCC[C@H]1CC[C@H](C)P1c1ccccc1P1[C@@H](C)CC[C@@H]1P. The standard InChI is InChI=1S/C19H31P3/c1-4-7-16-12-10-14(2)21(16)17-8-5-6-9-18(17)22-15(3)11-13-19(22)20/h5-6,8-9,14-16,19H,4,7,10-13,20H2,1-3H3/t14-,15-,16-,19+,21?,22?/m0/s1. The average Bonchev–Trinajstić information content (AvgIpc) is 3.03. The van der Waals surface area contributed by atoms with E-state index in [1.165, 1.54) is 38.5 Å². The van der Waals surface area contributed by atoms with Gasteiger partial charge in [0.2, 0.25) is 0 Å². The predicted octanol–water partition coefficient (Wildman–Crippen LogP) is 5.64. The topological polar surface area (TPSA) is 0 Å². The normalized spacial score (nSPS) is 38.5. The maximum absolute atomic E-state index is 3.18. The second-order valence-corrected chi connectivity index (χ2v) is 14.3. The number of rotatable bonds is 4. The first-order chi connectivity index (χ1) is 10.6. The fourth-order valence-corrected chi connectivity index (χ4v) is 13.2. The molecule has 1 aromatic carbocycles. The molecule has 0 aromatic heterocycles. The van der Waals surface area contributed by atoms with Crippen molar-refractivity contribution >= 4 is 35.7 Å². The molecule has 1 aromatic rings. The molecule has 7 atom stereocenters. The molecule has 0 bridgehead atoms. The molecule has 3 unspecified atom stereocenters. The Morgan fingerprint density at radius 2 is 1.55 bits per heavy atom. The molecular formula is C19H31P3. The Labute approximate surface area is 141 Å². The van der Waals surface area contributed by atoms with Crippen LogP contribution in [0.2, 0.25) is 0 Å². The first kappa shape index (κ1) is 17.3. The van der Waals surface area contributed by atoms with Crippen molar-refractivity contribution < 1.29 is 0 Å². The van der Waals surface area contributed by atoms with Crippen LogP contribution >= 0.6 is 25.1 Å². The minimum atomic E-state index is 0.0322. The van der Waals surface area contributed by atoms with E-state index in [-0.39, 0.29) is 15.8 Å². The van der Waals surface area contributed by atoms with E-state index in [0.29, 0.717) is 0 Å². The molecule has 0 saturated carbocycles. The summed E-state index contributed by atoms with van der Waals surface area (Å²) in [7, 11) is 3.28. The highest BCUT2D eigenvalue weighted by Gasteiger charge is 2.38. The minimum absolute atomic E-state index is 0.0322. The summed E-state index contributed by atoms with van der Waals surface area (Å²) in [6, 6.07) is 9.62. The van der Waals surface area contributed by atoms with Crippen LogP contribution in [0.4, 0.5) is 0 Å². The van der Waals surface area contributed by atoms with Gasteiger partial charge in [0.05, 0.1) is 0 Å². The van der Waals surface area contributed by atoms with Gasteiger partial charge in [-0.3, -0.25) is 0 Å². The van der Waals surface area contributed by atoms with Gasteiger partial charge in [0, 0.05) is 0 Å². The molecule has 0 spiro atoms. The van der Waals surface area contributed by atoms with Crippen molar-refractivity contribution in [3.05, 3.63) is 24.3 Å². The molecule has 22 heavy (non-hydrogen) atoms. The van der Waals surface area contributed by atoms with E-state index in [9.17, 15) is 0 Å². The van der Waals surface area contributed by atoms with E-state index in [1.54, 1.807) is 10.6 Å². The number of hydrogen-bond acceptors (Lipinski definition) is 0. The zero-order chi connectivity index (χ0) is 15.7. The molecule has 0 N–H and O–H groups in total. The van der Waals surface area contributed by atoms with Crippen LogP contribution in [-0.4, -0.2) is 22.4 Å². The highest BCUT2D eigenvalue weighted by molar-refractivity contribution is 7.76. The van der Waals surface area contributed by atoms with Gasteiger partial charge in [0.1, 0.15) is 0 Å². The van der Waals surface area contributed by atoms with Crippen LogP contribution in [0.15, 0.2) is 24.3 Å². The molecule has 0 nitrogen and oxygen atoms in total. The maximum atomic E-state index is 3.18. The molecule has 2 fully saturated rings. The fourth-order valence-electron chi connectivity index (χ4n) is 4.46. The maximum Gasteiger partial charge on any atom is -0.00192 e. The van der Waals surface area contributed by atoms with Crippen LogP contribution in [0.25, 0.3) is 0 Å². The van der Waals surface area contributed by atoms with Gasteiger partial charge in [0.15, 0.2) is 0 Å². The van der Waals surface area contributed by atoms with Gasteiger partial charge in [-0.2, -0.15) is 0 Å². The molecule has 3 heteroatoms. The largest absolute Gasteiger partial charge is 0.129 e. The van der Waals surface area contributed by atoms with E-state index in [4.69, 9.17) is 0 Å². The first-order valence-corrected chi connectivity index (χ1v) is 12.7. The van der Waals surface area contributed by atoms with Gasteiger partial charge in [0.25, 0.3) is 0 Å². The van der Waals surface area contributed by atoms with Crippen molar-refractivity contribution in [2.75, 3.05) is 0 Å². The molecule has 2 aliphatic rings. The molecule has 0 amide bonds. The van der Waals surface area contributed by atoms with Gasteiger partial charge < -0.3 is 0 Å². The molecule has 2 aliphatic heterocycles. The fraction of sp³-hybridized carbons (Fsp3) is 0.684. The molecule has 0 aliphatic carbocycles. The van der Waals surface area contributed by atoms with Crippen molar-refractivity contribution in [1.82, 2.24) is 0 Å². The van der Waals surface area contributed by atoms with E-state index in [0.717, 1.165) is 22.4 Å². The molecule has 2 saturated heterocycles. The van der Waals surface area contributed by atoms with Crippen molar-refractivity contribution in [2.45, 2.75) is 81.7 Å². The smallest absolute Gasteiger partial charge is 0.00192 e. The summed E-state index contributed by atoms with van der Waals surface area (Å²) in [5, 5.41) is 4.43. The average molecular weight is 352 g/mol. The third-order valence-corrected chi connectivity index (χ3v) is 13.6. The van der Waals surface area contributed by atoms with Crippen molar-refractivity contribution in [3.8, 4) is 0 Å². The summed E-state index contributed by atoms with van der Waals surface area (Å²) >= 11 is 0. The third kappa shape index (κ3) is 3.32. The Morgan fingerprint density at radius 1 is 0.955 bits per heavy atom. The third-order valence-electron chi connectivity index (χ3n) is 5.56. The van der Waals surface area contributed by atoms with Crippen molar-refractivity contribution in [2.24, 2.45) is 0 Å². The zero-order valence-electron chi connectivity index (χ0n) is 14.3. The molecule has 122 valence electrons. The summed E-state index contributed by atoms with van der Waals surface area (Å²) in [6.45, 7) is 7.40. The van der Waals surface area contributed by atoms with Crippen LogP contribution < -0.4 is 10.6 Å². The Morgan fingerprint density at radius 3 is 2.14 bits per heavy atom. The van der Waals surface area contributed by atoms with E-state index in [1.807, 2.05) is 0 Å². The highest BCUT2D eigenvalue weighted by Crippen LogP contribution is 2.61. The molecule has 0 radical (unpaired) electrons. The predicted molar refractivity (Wildman–Crippen MR) is 109 cm³/mol. The van der Waals surface area contributed by atoms with E-state index < -0.39 is 0 Å². The van der Waals surface area contributed by atoms with Crippen molar-refractivity contribution in [1.29, 1.82) is 0 Å². The lowest BCUT2D eigenvalue weighted by Crippen LogP contribution is -2.28. The van der Waals surface area contributed by atoms with Crippen LogP contribution in [0.5, 0.6) is 0 Å². The Bertz CT molecular complexity index is 489. The Hall–Kier alpha value is 0.510. The van der Waals surface area contributed by atoms with Crippen molar-refractivity contribution in [3.63, 3.8) is 0 Å². The summed E-state index contributed by atoms with van der Waals surface area (Å²) in [4.78, 5) is 0. The summed E-state index contributed by atoms with van der Waals surface area (Å²) in [6.07, 6.45) is 8.59. The van der Waals surface area contributed by atoms with Crippen LogP contribution in [0.3, 0.4) is 0 Å². The van der Waals surface area contributed by atoms with Gasteiger partial charge in [-0.1, -0.05) is 67.3 Å². The van der Waals surface area contributed by atoms with Gasteiger partial charge in [-0.25, -0.2) is 0 Å². The second-order valence-electron chi connectivity index (χ2n) is 7.17. The van der Waals surface area contributed by atoms with Gasteiger partial charge in [-0.15, -0.1) is 9.24 Å². The lowest BCUT2D eigenvalue weighted by molar-refractivity contribution is 0.683. The highest BCUT2D eigenvalue weighted by atomic mass is 31.2. The Kier molecular flexibility index (Phi) is 5.99. The van der Waals surface area contributed by atoms with Gasteiger partial charge >= 0.3 is 0 Å². The molecular weight excluding hydrogens is 321 g/mol. The van der Waals surface area contributed by atoms with E-state index in [2.05, 4.69) is 54.3 Å². The summed E-state index contributed by atoms with van der Waals surface area (Å²) in [5.74, 6) is 0.